The Morgan fingerprint density at radius 3 is 2.41 bits per heavy atom. The van der Waals surface area contributed by atoms with Crippen LogP contribution in [0.1, 0.15) is 23.6 Å². The predicted octanol–water partition coefficient (Wildman–Crippen LogP) is 2.44. The summed E-state index contributed by atoms with van der Waals surface area (Å²) < 4.78 is 0. The van der Waals surface area contributed by atoms with Crippen LogP contribution in [0.25, 0.3) is 0 Å². The van der Waals surface area contributed by atoms with Crippen LogP contribution in [0.15, 0.2) is 42.6 Å². The summed E-state index contributed by atoms with van der Waals surface area (Å²) >= 11 is 0. The van der Waals surface area contributed by atoms with E-state index in [1.165, 1.54) is 0 Å². The monoisotopic (exact) mass is 392 g/mol. The van der Waals surface area contributed by atoms with Gasteiger partial charge in [-0.3, -0.25) is 0 Å². The topological polar surface area (TPSA) is 75.5 Å². The number of nitrogens with one attached hydrogen (secondary N) is 1. The standard InChI is InChI=1S/C22H28N6O/c1-3-27-10-12-28(13-11-27)21-9-8-20(15-24-21)16-25-22(29)26(2)17-19-6-4-18(14-23)5-7-19/h4-9,15H,3,10-13,16-17H2,1-2H3,(H,25,29). The Labute approximate surface area is 172 Å². The Bertz CT molecular complexity index is 835. The third-order valence-corrected chi connectivity index (χ3v) is 5.25. The van der Waals surface area contributed by atoms with Crippen LogP contribution < -0.4 is 10.2 Å². The zero-order valence-corrected chi connectivity index (χ0v) is 17.1. The van der Waals surface area contributed by atoms with Crippen LogP contribution in [0.5, 0.6) is 0 Å². The van der Waals surface area contributed by atoms with Gasteiger partial charge in [-0.15, -0.1) is 0 Å². The highest BCUT2D eigenvalue weighted by molar-refractivity contribution is 5.73. The van der Waals surface area contributed by atoms with Gasteiger partial charge in [0, 0.05) is 52.5 Å². The normalized spacial score (nSPS) is 14.3. The Balaban J connectivity index is 1.46. The van der Waals surface area contributed by atoms with Gasteiger partial charge in [0.05, 0.1) is 11.6 Å². The first-order valence-electron chi connectivity index (χ1n) is 9.99. The molecule has 1 fully saturated rings. The lowest BCUT2D eigenvalue weighted by Gasteiger charge is -2.34. The Morgan fingerprint density at radius 1 is 1.14 bits per heavy atom. The number of urea groups is 1. The smallest absolute Gasteiger partial charge is 0.317 e. The van der Waals surface area contributed by atoms with E-state index in [1.54, 1.807) is 24.1 Å². The molecule has 1 aromatic heterocycles. The summed E-state index contributed by atoms with van der Waals surface area (Å²) in [7, 11) is 1.75. The SMILES string of the molecule is CCN1CCN(c2ccc(CNC(=O)N(C)Cc3ccc(C#N)cc3)cn2)CC1. The van der Waals surface area contributed by atoms with E-state index in [1.807, 2.05) is 30.5 Å². The summed E-state index contributed by atoms with van der Waals surface area (Å²) in [5.41, 5.74) is 2.57. The Morgan fingerprint density at radius 2 is 1.83 bits per heavy atom. The zero-order valence-electron chi connectivity index (χ0n) is 17.1. The van der Waals surface area contributed by atoms with E-state index < -0.39 is 0 Å². The summed E-state index contributed by atoms with van der Waals surface area (Å²) in [6.07, 6.45) is 1.84. The number of aromatic nitrogens is 1. The maximum atomic E-state index is 12.3. The summed E-state index contributed by atoms with van der Waals surface area (Å²) in [5, 5.41) is 11.8. The number of nitriles is 1. The fourth-order valence-electron chi connectivity index (χ4n) is 3.34. The van der Waals surface area contributed by atoms with Crippen molar-refractivity contribution in [3.63, 3.8) is 0 Å². The highest BCUT2D eigenvalue weighted by Gasteiger charge is 2.16. The molecule has 0 unspecified atom stereocenters. The van der Waals surface area contributed by atoms with Gasteiger partial charge in [-0.25, -0.2) is 9.78 Å². The lowest BCUT2D eigenvalue weighted by Crippen LogP contribution is -2.46. The molecule has 0 aliphatic carbocycles. The molecule has 1 N–H and O–H groups in total. The van der Waals surface area contributed by atoms with Crippen LogP contribution in [-0.2, 0) is 13.1 Å². The zero-order chi connectivity index (χ0) is 20.6. The van der Waals surface area contributed by atoms with Crippen LogP contribution in [0.2, 0.25) is 0 Å². The second kappa shape index (κ2) is 9.89. The number of benzene rings is 1. The molecule has 7 nitrogen and oxygen atoms in total. The van der Waals surface area contributed by atoms with E-state index in [0.29, 0.717) is 18.7 Å². The largest absolute Gasteiger partial charge is 0.354 e. The van der Waals surface area contributed by atoms with Gasteiger partial charge in [0.15, 0.2) is 0 Å². The number of carbonyl (C=O) groups excluding carboxylic acids is 1. The highest BCUT2D eigenvalue weighted by Crippen LogP contribution is 2.14. The molecule has 3 rings (SSSR count). The molecule has 7 heteroatoms. The number of amides is 2. The van der Waals surface area contributed by atoms with Gasteiger partial charge in [-0.1, -0.05) is 25.1 Å². The maximum Gasteiger partial charge on any atom is 0.317 e. The molecule has 2 aromatic rings. The average Bonchev–Trinajstić information content (AvgIpc) is 2.78. The molecule has 0 radical (unpaired) electrons. The van der Waals surface area contributed by atoms with Crippen molar-refractivity contribution in [2.75, 3.05) is 44.7 Å². The van der Waals surface area contributed by atoms with Gasteiger partial charge in [0.1, 0.15) is 5.82 Å². The molecule has 2 amide bonds. The molecule has 1 aliphatic rings. The van der Waals surface area contributed by atoms with Crippen molar-refractivity contribution in [3.05, 3.63) is 59.3 Å². The van der Waals surface area contributed by atoms with Crippen LogP contribution in [0.4, 0.5) is 10.6 Å². The van der Waals surface area contributed by atoms with Gasteiger partial charge in [-0.05, 0) is 35.9 Å². The summed E-state index contributed by atoms with van der Waals surface area (Å²) in [5.74, 6) is 0.994. The maximum absolute atomic E-state index is 12.3. The van der Waals surface area contributed by atoms with E-state index >= 15 is 0 Å². The second-order valence-corrected chi connectivity index (χ2v) is 7.27. The summed E-state index contributed by atoms with van der Waals surface area (Å²) in [6.45, 7) is 8.35. The second-order valence-electron chi connectivity index (χ2n) is 7.27. The molecule has 0 spiro atoms. The number of pyridine rings is 1. The molecule has 0 atom stereocenters. The summed E-state index contributed by atoms with van der Waals surface area (Å²) in [6, 6.07) is 13.3. The molecule has 152 valence electrons. The molecule has 1 saturated heterocycles. The van der Waals surface area contributed by atoms with Crippen molar-refractivity contribution in [3.8, 4) is 6.07 Å². The third-order valence-electron chi connectivity index (χ3n) is 5.25. The van der Waals surface area contributed by atoms with Crippen LogP contribution in [0.3, 0.4) is 0 Å². The predicted molar refractivity (Wildman–Crippen MR) is 113 cm³/mol. The van der Waals surface area contributed by atoms with Crippen molar-refractivity contribution < 1.29 is 4.79 Å². The number of piperazine rings is 1. The van der Waals surface area contributed by atoms with Crippen LogP contribution in [-0.4, -0.2) is 60.6 Å². The minimum absolute atomic E-state index is 0.144. The minimum atomic E-state index is -0.144. The molecule has 0 bridgehead atoms. The minimum Gasteiger partial charge on any atom is -0.354 e. The first-order valence-corrected chi connectivity index (χ1v) is 9.99. The van der Waals surface area contributed by atoms with Crippen molar-refractivity contribution in [1.82, 2.24) is 20.1 Å². The van der Waals surface area contributed by atoms with Gasteiger partial charge in [0.2, 0.25) is 0 Å². The number of anilines is 1. The van der Waals surface area contributed by atoms with Gasteiger partial charge >= 0.3 is 6.03 Å². The van der Waals surface area contributed by atoms with E-state index in [2.05, 4.69) is 33.1 Å². The van der Waals surface area contributed by atoms with Crippen molar-refractivity contribution in [1.29, 1.82) is 5.26 Å². The van der Waals surface area contributed by atoms with E-state index in [4.69, 9.17) is 5.26 Å². The van der Waals surface area contributed by atoms with E-state index in [9.17, 15) is 4.79 Å². The average molecular weight is 393 g/mol. The Hall–Kier alpha value is -3.11. The molecule has 2 heterocycles. The van der Waals surface area contributed by atoms with Gasteiger partial charge < -0.3 is 20.0 Å². The van der Waals surface area contributed by atoms with Crippen LogP contribution in [0, 0.1) is 11.3 Å². The quantitative estimate of drug-likeness (QED) is 0.817. The fraction of sp³-hybridized carbons (Fsp3) is 0.409. The highest BCUT2D eigenvalue weighted by atomic mass is 16.2. The number of nitrogens with zero attached hydrogens (tertiary/aromatic N) is 5. The molecule has 0 saturated carbocycles. The third kappa shape index (κ3) is 5.69. The van der Waals surface area contributed by atoms with Crippen molar-refractivity contribution >= 4 is 11.8 Å². The van der Waals surface area contributed by atoms with Crippen LogP contribution >= 0.6 is 0 Å². The number of hydrogen-bond acceptors (Lipinski definition) is 5. The van der Waals surface area contributed by atoms with E-state index in [0.717, 1.165) is 49.7 Å². The molecular formula is C22H28N6O. The number of carbonyl (C=O) groups is 1. The lowest BCUT2D eigenvalue weighted by atomic mass is 10.1. The van der Waals surface area contributed by atoms with Crippen molar-refractivity contribution in [2.24, 2.45) is 0 Å². The van der Waals surface area contributed by atoms with Gasteiger partial charge in [-0.2, -0.15) is 5.26 Å². The molecular weight excluding hydrogens is 364 g/mol. The molecule has 1 aromatic carbocycles. The number of rotatable bonds is 6. The first kappa shape index (κ1) is 20.6. The Kier molecular flexibility index (Phi) is 7.04. The first-order chi connectivity index (χ1) is 14.1. The molecule has 29 heavy (non-hydrogen) atoms. The lowest BCUT2D eigenvalue weighted by molar-refractivity contribution is 0.206. The van der Waals surface area contributed by atoms with E-state index in [-0.39, 0.29) is 6.03 Å². The number of hydrogen-bond donors (Lipinski definition) is 1. The van der Waals surface area contributed by atoms with Gasteiger partial charge in [0.25, 0.3) is 0 Å². The summed E-state index contributed by atoms with van der Waals surface area (Å²) in [4.78, 5) is 23.3. The molecule has 1 aliphatic heterocycles. The fourth-order valence-corrected chi connectivity index (χ4v) is 3.34. The van der Waals surface area contributed by atoms with Crippen molar-refractivity contribution in [2.45, 2.75) is 20.0 Å². The number of likely N-dealkylation sites (N-methyl/N-ethyl adjacent to an activating group) is 1.